The molecule has 3 aromatic rings. The highest BCUT2D eigenvalue weighted by atomic mass is 35.5. The third-order valence-electron chi connectivity index (χ3n) is 5.14. The lowest BCUT2D eigenvalue weighted by Gasteiger charge is -2.33. The molecule has 0 saturated carbocycles. The van der Waals surface area contributed by atoms with Crippen LogP contribution in [0.5, 0.6) is 0 Å². The molecule has 0 bridgehead atoms. The van der Waals surface area contributed by atoms with Crippen molar-refractivity contribution in [3.05, 3.63) is 70.9 Å². The van der Waals surface area contributed by atoms with E-state index < -0.39 is 0 Å². The number of aryl methyl sites for hydroxylation is 1. The van der Waals surface area contributed by atoms with Crippen LogP contribution in [0.15, 0.2) is 54.7 Å². The number of piperidine rings is 1. The van der Waals surface area contributed by atoms with E-state index in [4.69, 9.17) is 11.6 Å². The Balaban J connectivity index is 1.38. The molecule has 0 aliphatic carbocycles. The zero-order chi connectivity index (χ0) is 17.9. The molecular formula is C22H24ClN3. The quantitative estimate of drug-likeness (QED) is 0.682. The summed E-state index contributed by atoms with van der Waals surface area (Å²) in [4.78, 5) is 6.98. The molecule has 0 unspecified atom stereocenters. The Morgan fingerprint density at radius 3 is 2.77 bits per heavy atom. The van der Waals surface area contributed by atoms with Gasteiger partial charge in [-0.25, -0.2) is 0 Å². The Kier molecular flexibility index (Phi) is 5.09. The largest absolute Gasteiger partial charge is 0.382 e. The monoisotopic (exact) mass is 365 g/mol. The number of hydrogen-bond donors (Lipinski definition) is 1. The molecule has 0 atom stereocenters. The highest BCUT2D eigenvalue weighted by Gasteiger charge is 2.19. The number of nitrogens with zero attached hydrogens (tertiary/aromatic N) is 2. The molecule has 2 aromatic carbocycles. The number of nitrogens with one attached hydrogen (secondary N) is 1. The summed E-state index contributed by atoms with van der Waals surface area (Å²) in [5.41, 5.74) is 4.85. The van der Waals surface area contributed by atoms with E-state index in [1.165, 1.54) is 11.1 Å². The van der Waals surface area contributed by atoms with E-state index in [-0.39, 0.29) is 0 Å². The van der Waals surface area contributed by atoms with Gasteiger partial charge in [0.2, 0.25) is 0 Å². The van der Waals surface area contributed by atoms with Crippen LogP contribution in [0, 0.1) is 6.92 Å². The molecule has 1 aliphatic rings. The zero-order valence-electron chi connectivity index (χ0n) is 15.1. The lowest BCUT2D eigenvalue weighted by molar-refractivity contribution is 0.211. The van der Waals surface area contributed by atoms with Crippen LogP contribution in [0.25, 0.3) is 10.9 Å². The number of hydrogen-bond acceptors (Lipinski definition) is 3. The van der Waals surface area contributed by atoms with Gasteiger partial charge in [0.25, 0.3) is 0 Å². The molecule has 0 spiro atoms. The number of benzene rings is 2. The number of aromatic nitrogens is 1. The van der Waals surface area contributed by atoms with Crippen molar-refractivity contribution in [3.63, 3.8) is 0 Å². The molecule has 1 aromatic heterocycles. The number of pyridine rings is 1. The second kappa shape index (κ2) is 7.65. The summed E-state index contributed by atoms with van der Waals surface area (Å²) in [5.74, 6) is 0. The normalized spacial score (nSPS) is 16.1. The summed E-state index contributed by atoms with van der Waals surface area (Å²) < 4.78 is 0. The van der Waals surface area contributed by atoms with Gasteiger partial charge in [-0.2, -0.15) is 0 Å². The average molecular weight is 366 g/mol. The summed E-state index contributed by atoms with van der Waals surface area (Å²) in [7, 11) is 0. The van der Waals surface area contributed by atoms with Crippen molar-refractivity contribution < 1.29 is 0 Å². The van der Waals surface area contributed by atoms with E-state index in [0.717, 1.165) is 54.1 Å². The molecule has 1 aliphatic heterocycles. The number of halogens is 1. The maximum Gasteiger partial charge on any atom is 0.0737 e. The van der Waals surface area contributed by atoms with Crippen LogP contribution in [-0.2, 0) is 6.54 Å². The molecule has 0 amide bonds. The predicted molar refractivity (Wildman–Crippen MR) is 110 cm³/mol. The second-order valence-corrected chi connectivity index (χ2v) is 7.64. The zero-order valence-corrected chi connectivity index (χ0v) is 15.8. The number of rotatable bonds is 4. The minimum absolute atomic E-state index is 0.505. The van der Waals surface area contributed by atoms with Crippen LogP contribution in [0.4, 0.5) is 5.69 Å². The van der Waals surface area contributed by atoms with E-state index in [1.807, 2.05) is 18.3 Å². The smallest absolute Gasteiger partial charge is 0.0737 e. The highest BCUT2D eigenvalue weighted by Crippen LogP contribution is 2.26. The number of anilines is 1. The van der Waals surface area contributed by atoms with Gasteiger partial charge in [0.15, 0.2) is 0 Å². The summed E-state index contributed by atoms with van der Waals surface area (Å²) >= 11 is 6.09. The minimum Gasteiger partial charge on any atom is -0.382 e. The van der Waals surface area contributed by atoms with Gasteiger partial charge in [-0.15, -0.1) is 0 Å². The lowest BCUT2D eigenvalue weighted by Crippen LogP contribution is -2.38. The Labute approximate surface area is 160 Å². The van der Waals surface area contributed by atoms with Crippen molar-refractivity contribution >= 4 is 28.2 Å². The molecule has 4 rings (SSSR count). The van der Waals surface area contributed by atoms with Crippen LogP contribution < -0.4 is 5.32 Å². The molecule has 4 heteroatoms. The maximum atomic E-state index is 6.09. The van der Waals surface area contributed by atoms with Crippen LogP contribution in [0.2, 0.25) is 5.02 Å². The van der Waals surface area contributed by atoms with Gasteiger partial charge in [0.1, 0.15) is 0 Å². The number of fused-ring (bicyclic) bond motifs is 1. The van der Waals surface area contributed by atoms with Gasteiger partial charge < -0.3 is 5.32 Å². The minimum atomic E-state index is 0.505. The van der Waals surface area contributed by atoms with Gasteiger partial charge in [-0.1, -0.05) is 41.4 Å². The topological polar surface area (TPSA) is 28.2 Å². The summed E-state index contributed by atoms with van der Waals surface area (Å²) in [6.07, 6.45) is 4.17. The van der Waals surface area contributed by atoms with Crippen molar-refractivity contribution in [1.29, 1.82) is 0 Å². The molecule has 0 radical (unpaired) electrons. The van der Waals surface area contributed by atoms with Crippen molar-refractivity contribution in [2.75, 3.05) is 18.4 Å². The molecular weight excluding hydrogens is 342 g/mol. The predicted octanol–water partition coefficient (Wildman–Crippen LogP) is 5.27. The first-order chi connectivity index (χ1) is 12.7. The van der Waals surface area contributed by atoms with E-state index in [9.17, 15) is 0 Å². The standard InChI is InChI=1S/C22H24ClN3/c1-16-3-2-4-17(13-16)15-26-11-8-19(9-12-26)25-21-7-10-24-22-14-18(23)5-6-20(21)22/h2-7,10,13-14,19H,8-9,11-12,15H2,1H3,(H,24,25). The van der Waals surface area contributed by atoms with Gasteiger partial charge in [-0.3, -0.25) is 9.88 Å². The third-order valence-corrected chi connectivity index (χ3v) is 5.38. The molecule has 134 valence electrons. The van der Waals surface area contributed by atoms with Gasteiger partial charge >= 0.3 is 0 Å². The van der Waals surface area contributed by atoms with E-state index in [0.29, 0.717) is 6.04 Å². The van der Waals surface area contributed by atoms with Crippen molar-refractivity contribution in [1.82, 2.24) is 9.88 Å². The summed E-state index contributed by atoms with van der Waals surface area (Å²) in [6, 6.07) is 17.3. The fraction of sp³-hybridized carbons (Fsp3) is 0.318. The lowest BCUT2D eigenvalue weighted by atomic mass is 10.0. The van der Waals surface area contributed by atoms with Crippen LogP contribution in [0.3, 0.4) is 0 Å². The SMILES string of the molecule is Cc1cccc(CN2CCC(Nc3ccnc4cc(Cl)ccc34)CC2)c1. The van der Waals surface area contributed by atoms with Crippen molar-refractivity contribution in [2.45, 2.75) is 32.4 Å². The molecule has 1 fully saturated rings. The van der Waals surface area contributed by atoms with Crippen molar-refractivity contribution in [3.8, 4) is 0 Å². The van der Waals surface area contributed by atoms with E-state index >= 15 is 0 Å². The first-order valence-corrected chi connectivity index (χ1v) is 9.64. The summed E-state index contributed by atoms with van der Waals surface area (Å²) in [6.45, 7) is 5.46. The van der Waals surface area contributed by atoms with Gasteiger partial charge in [-0.05, 0) is 49.6 Å². The van der Waals surface area contributed by atoms with E-state index in [1.54, 1.807) is 0 Å². The second-order valence-electron chi connectivity index (χ2n) is 7.20. The Bertz CT molecular complexity index is 901. The van der Waals surface area contributed by atoms with Crippen LogP contribution in [-0.4, -0.2) is 29.0 Å². The maximum absolute atomic E-state index is 6.09. The third kappa shape index (κ3) is 4.00. The van der Waals surface area contributed by atoms with E-state index in [2.05, 4.69) is 58.5 Å². The summed E-state index contributed by atoms with van der Waals surface area (Å²) in [5, 5.41) is 5.59. The van der Waals surface area contributed by atoms with Crippen LogP contribution >= 0.6 is 11.6 Å². The first kappa shape index (κ1) is 17.3. The molecule has 26 heavy (non-hydrogen) atoms. The van der Waals surface area contributed by atoms with Crippen molar-refractivity contribution in [2.24, 2.45) is 0 Å². The molecule has 1 N–H and O–H groups in total. The Hall–Kier alpha value is -2.10. The average Bonchev–Trinajstić information content (AvgIpc) is 2.63. The van der Waals surface area contributed by atoms with Crippen LogP contribution in [0.1, 0.15) is 24.0 Å². The Morgan fingerprint density at radius 2 is 1.96 bits per heavy atom. The molecule has 3 nitrogen and oxygen atoms in total. The highest BCUT2D eigenvalue weighted by molar-refractivity contribution is 6.31. The fourth-order valence-electron chi connectivity index (χ4n) is 3.77. The van der Waals surface area contributed by atoms with Gasteiger partial charge in [0.05, 0.1) is 5.52 Å². The molecule has 2 heterocycles. The first-order valence-electron chi connectivity index (χ1n) is 9.26. The molecule has 1 saturated heterocycles. The fourth-order valence-corrected chi connectivity index (χ4v) is 3.94. The van der Waals surface area contributed by atoms with Gasteiger partial charge in [0, 0.05) is 48.0 Å². The number of likely N-dealkylation sites (tertiary alicyclic amines) is 1. The Morgan fingerprint density at radius 1 is 1.12 bits per heavy atom.